The van der Waals surface area contributed by atoms with Crippen LogP contribution in [0.1, 0.15) is 51.3 Å². The zero-order chi connectivity index (χ0) is 13.2. The second kappa shape index (κ2) is 5.41. The smallest absolute Gasteiger partial charge is 0.111 e. The third kappa shape index (κ3) is 2.59. The Labute approximate surface area is 109 Å². The van der Waals surface area contributed by atoms with E-state index in [2.05, 4.69) is 23.4 Å². The normalized spacial score (nSPS) is 28.2. The van der Waals surface area contributed by atoms with Gasteiger partial charge in [0.05, 0.1) is 5.60 Å². The van der Waals surface area contributed by atoms with Gasteiger partial charge in [0, 0.05) is 31.4 Å². The van der Waals surface area contributed by atoms with Crippen molar-refractivity contribution in [3.8, 4) is 0 Å². The zero-order valence-corrected chi connectivity index (χ0v) is 11.5. The molecule has 0 saturated heterocycles. The van der Waals surface area contributed by atoms with Gasteiger partial charge in [0.25, 0.3) is 0 Å². The van der Waals surface area contributed by atoms with E-state index in [1.165, 1.54) is 0 Å². The van der Waals surface area contributed by atoms with Gasteiger partial charge >= 0.3 is 0 Å². The molecule has 0 radical (unpaired) electrons. The van der Waals surface area contributed by atoms with Crippen LogP contribution < -0.4 is 5.73 Å². The van der Waals surface area contributed by atoms with Crippen molar-refractivity contribution in [3.63, 3.8) is 0 Å². The van der Waals surface area contributed by atoms with Crippen LogP contribution in [0.25, 0.3) is 0 Å². The molecular weight excluding hydrogens is 226 g/mol. The summed E-state index contributed by atoms with van der Waals surface area (Å²) >= 11 is 0. The molecule has 1 aromatic rings. The van der Waals surface area contributed by atoms with Gasteiger partial charge < -0.3 is 15.4 Å². The summed E-state index contributed by atoms with van der Waals surface area (Å²) in [6, 6.07) is 0. The summed E-state index contributed by atoms with van der Waals surface area (Å²) < 4.78 is 2.21. The molecule has 1 aromatic heterocycles. The Kier molecular flexibility index (Phi) is 4.07. The lowest BCUT2D eigenvalue weighted by Gasteiger charge is -2.29. The number of rotatable bonds is 5. The van der Waals surface area contributed by atoms with Crippen molar-refractivity contribution in [1.82, 2.24) is 9.55 Å². The maximum absolute atomic E-state index is 10.4. The average molecular weight is 251 g/mol. The third-order valence-corrected chi connectivity index (χ3v) is 4.26. The molecule has 2 atom stereocenters. The Balaban J connectivity index is 1.97. The van der Waals surface area contributed by atoms with Crippen molar-refractivity contribution in [2.45, 2.75) is 57.6 Å². The fourth-order valence-corrected chi connectivity index (χ4v) is 3.11. The van der Waals surface area contributed by atoms with Crippen LogP contribution in [0.5, 0.6) is 0 Å². The number of imidazole rings is 1. The summed E-state index contributed by atoms with van der Waals surface area (Å²) in [4.78, 5) is 4.39. The number of aliphatic hydroxyl groups is 1. The predicted molar refractivity (Wildman–Crippen MR) is 72.3 cm³/mol. The standard InChI is InChI=1S/C14H25N3O/c1-11(2)13-16-7-9-17(13)8-5-12-4-3-6-14(12,18)10-15/h7,9,11-12,18H,3-6,8,10,15H2,1-2H3. The van der Waals surface area contributed by atoms with Crippen LogP contribution >= 0.6 is 0 Å². The fraction of sp³-hybridized carbons (Fsp3) is 0.786. The lowest BCUT2D eigenvalue weighted by Crippen LogP contribution is -2.41. The molecule has 0 aliphatic heterocycles. The topological polar surface area (TPSA) is 64.1 Å². The lowest BCUT2D eigenvalue weighted by atomic mass is 9.88. The molecule has 1 heterocycles. The molecule has 1 aliphatic carbocycles. The molecule has 1 saturated carbocycles. The minimum absolute atomic E-state index is 0.338. The van der Waals surface area contributed by atoms with Crippen LogP contribution in [-0.4, -0.2) is 26.8 Å². The van der Waals surface area contributed by atoms with Crippen molar-refractivity contribution in [2.24, 2.45) is 11.7 Å². The van der Waals surface area contributed by atoms with E-state index in [0.717, 1.165) is 38.1 Å². The molecule has 1 fully saturated rings. The summed E-state index contributed by atoms with van der Waals surface area (Å²) in [5.41, 5.74) is 5.09. The van der Waals surface area contributed by atoms with E-state index in [0.29, 0.717) is 18.4 Å². The third-order valence-electron chi connectivity index (χ3n) is 4.26. The molecule has 0 aromatic carbocycles. The molecule has 4 heteroatoms. The Morgan fingerprint density at radius 1 is 1.61 bits per heavy atom. The molecule has 4 nitrogen and oxygen atoms in total. The van der Waals surface area contributed by atoms with E-state index in [-0.39, 0.29) is 0 Å². The van der Waals surface area contributed by atoms with E-state index in [1.807, 2.05) is 12.4 Å². The Bertz CT molecular complexity index is 388. The van der Waals surface area contributed by atoms with Crippen molar-refractivity contribution in [2.75, 3.05) is 6.54 Å². The predicted octanol–water partition coefficient (Wildman–Crippen LogP) is 1.89. The second-order valence-corrected chi connectivity index (χ2v) is 5.82. The quantitative estimate of drug-likeness (QED) is 0.840. The molecule has 0 bridgehead atoms. The summed E-state index contributed by atoms with van der Waals surface area (Å²) in [6.45, 7) is 5.63. The van der Waals surface area contributed by atoms with Crippen LogP contribution in [0.15, 0.2) is 12.4 Å². The molecular formula is C14H25N3O. The maximum atomic E-state index is 10.4. The van der Waals surface area contributed by atoms with Crippen LogP contribution in [0, 0.1) is 5.92 Å². The number of nitrogens with zero attached hydrogens (tertiary/aromatic N) is 2. The van der Waals surface area contributed by atoms with E-state index >= 15 is 0 Å². The van der Waals surface area contributed by atoms with Crippen molar-refractivity contribution in [3.05, 3.63) is 18.2 Å². The van der Waals surface area contributed by atoms with Crippen molar-refractivity contribution >= 4 is 0 Å². The lowest BCUT2D eigenvalue weighted by molar-refractivity contribution is 0.00651. The highest BCUT2D eigenvalue weighted by atomic mass is 16.3. The minimum atomic E-state index is -0.626. The molecule has 2 unspecified atom stereocenters. The van der Waals surface area contributed by atoms with Gasteiger partial charge in [-0.1, -0.05) is 20.3 Å². The van der Waals surface area contributed by atoms with E-state index in [4.69, 9.17) is 5.73 Å². The first kappa shape index (κ1) is 13.6. The van der Waals surface area contributed by atoms with Gasteiger partial charge in [0.15, 0.2) is 0 Å². The van der Waals surface area contributed by atoms with Gasteiger partial charge in [-0.05, 0) is 25.2 Å². The number of hydrogen-bond acceptors (Lipinski definition) is 3. The summed E-state index contributed by atoms with van der Waals surface area (Å²) in [5, 5.41) is 10.4. The highest BCUT2D eigenvalue weighted by molar-refractivity contribution is 4.98. The van der Waals surface area contributed by atoms with Crippen LogP contribution in [0.2, 0.25) is 0 Å². The van der Waals surface area contributed by atoms with E-state index < -0.39 is 5.60 Å². The first-order chi connectivity index (χ1) is 8.57. The molecule has 3 N–H and O–H groups in total. The zero-order valence-electron chi connectivity index (χ0n) is 11.5. The van der Waals surface area contributed by atoms with Gasteiger partial charge in [-0.2, -0.15) is 0 Å². The number of hydrogen-bond donors (Lipinski definition) is 2. The Hall–Kier alpha value is -0.870. The minimum Gasteiger partial charge on any atom is -0.388 e. The first-order valence-electron chi connectivity index (χ1n) is 7.00. The van der Waals surface area contributed by atoms with Gasteiger partial charge in [-0.15, -0.1) is 0 Å². The number of aromatic nitrogens is 2. The van der Waals surface area contributed by atoms with Gasteiger partial charge in [-0.25, -0.2) is 4.98 Å². The second-order valence-electron chi connectivity index (χ2n) is 5.82. The molecule has 102 valence electrons. The van der Waals surface area contributed by atoms with Crippen molar-refractivity contribution < 1.29 is 5.11 Å². The Morgan fingerprint density at radius 3 is 3.06 bits per heavy atom. The molecule has 0 amide bonds. The van der Waals surface area contributed by atoms with E-state index in [1.54, 1.807) is 0 Å². The monoisotopic (exact) mass is 251 g/mol. The van der Waals surface area contributed by atoms with Crippen molar-refractivity contribution in [1.29, 1.82) is 0 Å². The summed E-state index contributed by atoms with van der Waals surface area (Å²) in [6.07, 6.45) is 7.93. The average Bonchev–Trinajstić information content (AvgIpc) is 2.93. The number of nitrogens with two attached hydrogens (primary N) is 1. The maximum Gasteiger partial charge on any atom is 0.111 e. The van der Waals surface area contributed by atoms with Gasteiger partial charge in [-0.3, -0.25) is 0 Å². The number of aryl methyl sites for hydroxylation is 1. The van der Waals surface area contributed by atoms with Crippen LogP contribution in [0.3, 0.4) is 0 Å². The van der Waals surface area contributed by atoms with Crippen LogP contribution in [0.4, 0.5) is 0 Å². The molecule has 2 rings (SSSR count). The highest BCUT2D eigenvalue weighted by Gasteiger charge is 2.39. The molecule has 18 heavy (non-hydrogen) atoms. The summed E-state index contributed by atoms with van der Waals surface area (Å²) in [7, 11) is 0. The van der Waals surface area contributed by atoms with Gasteiger partial charge in [0.1, 0.15) is 5.82 Å². The summed E-state index contributed by atoms with van der Waals surface area (Å²) in [5.74, 6) is 1.91. The fourth-order valence-electron chi connectivity index (χ4n) is 3.11. The molecule has 0 spiro atoms. The highest BCUT2D eigenvalue weighted by Crippen LogP contribution is 2.37. The first-order valence-corrected chi connectivity index (χ1v) is 7.00. The Morgan fingerprint density at radius 2 is 2.39 bits per heavy atom. The van der Waals surface area contributed by atoms with Crippen LogP contribution in [-0.2, 0) is 6.54 Å². The van der Waals surface area contributed by atoms with E-state index in [9.17, 15) is 5.11 Å². The molecule has 1 aliphatic rings. The largest absolute Gasteiger partial charge is 0.388 e. The van der Waals surface area contributed by atoms with Gasteiger partial charge in [0.2, 0.25) is 0 Å². The SMILES string of the molecule is CC(C)c1nccn1CCC1CCCC1(O)CN.